The van der Waals surface area contributed by atoms with E-state index >= 15 is 0 Å². The first-order valence-corrected chi connectivity index (χ1v) is 13.2. The third kappa shape index (κ3) is 4.75. The molecule has 184 valence electrons. The molecular weight excluding hydrogens is 490 g/mol. The van der Waals surface area contributed by atoms with Crippen molar-refractivity contribution in [2.75, 3.05) is 43.0 Å². The van der Waals surface area contributed by atoms with Crippen LogP contribution in [0, 0.1) is 13.8 Å². The maximum Gasteiger partial charge on any atom is 0.264 e. The quantitative estimate of drug-likeness (QED) is 0.398. The lowest BCUT2D eigenvalue weighted by molar-refractivity contribution is -0.114. The van der Waals surface area contributed by atoms with Gasteiger partial charge in [-0.05, 0) is 66.9 Å². The minimum Gasteiger partial charge on any atom is -0.368 e. The summed E-state index contributed by atoms with van der Waals surface area (Å²) in [6, 6.07) is 19.6. The third-order valence-corrected chi connectivity index (χ3v) is 8.19. The molecular formula is C29H28ClN3O2S. The first-order chi connectivity index (χ1) is 17.3. The fourth-order valence-corrected chi connectivity index (χ4v) is 5.93. The molecule has 0 radical (unpaired) electrons. The van der Waals surface area contributed by atoms with Crippen molar-refractivity contribution in [1.29, 1.82) is 0 Å². The fourth-order valence-electron chi connectivity index (χ4n) is 4.65. The Morgan fingerprint density at radius 3 is 2.44 bits per heavy atom. The summed E-state index contributed by atoms with van der Waals surface area (Å²) in [5.74, 6) is -0.110. The lowest BCUT2D eigenvalue weighted by atomic mass is 10.1. The second-order valence-corrected chi connectivity index (χ2v) is 10.7. The molecule has 7 heteroatoms. The Hall–Kier alpha value is -3.22. The second kappa shape index (κ2) is 10.0. The molecule has 3 aromatic carbocycles. The largest absolute Gasteiger partial charge is 0.368 e. The Kier molecular flexibility index (Phi) is 6.82. The molecule has 2 heterocycles. The summed E-state index contributed by atoms with van der Waals surface area (Å²) in [6.07, 6.45) is 1.82. The molecule has 0 saturated carbocycles. The van der Waals surface area contributed by atoms with Crippen LogP contribution in [0.25, 0.3) is 6.08 Å². The minimum absolute atomic E-state index is 0.00155. The van der Waals surface area contributed by atoms with Gasteiger partial charge in [-0.15, -0.1) is 0 Å². The van der Waals surface area contributed by atoms with Crippen LogP contribution in [0.2, 0.25) is 5.02 Å². The predicted octanol–water partition coefficient (Wildman–Crippen LogP) is 6.03. The van der Waals surface area contributed by atoms with Crippen LogP contribution >= 0.6 is 23.4 Å². The lowest BCUT2D eigenvalue weighted by Gasteiger charge is -2.37. The van der Waals surface area contributed by atoms with E-state index in [4.69, 9.17) is 11.6 Å². The summed E-state index contributed by atoms with van der Waals surface area (Å²) in [7, 11) is 1.75. The molecule has 5 rings (SSSR count). The van der Waals surface area contributed by atoms with E-state index in [2.05, 4.69) is 36.9 Å². The summed E-state index contributed by atoms with van der Waals surface area (Å²) < 4.78 is 0. The van der Waals surface area contributed by atoms with Gasteiger partial charge in [0, 0.05) is 54.4 Å². The fraction of sp³-hybridized carbons (Fsp3) is 0.241. The molecule has 2 aliphatic rings. The number of halogens is 1. The van der Waals surface area contributed by atoms with Crippen LogP contribution in [0.5, 0.6) is 0 Å². The van der Waals surface area contributed by atoms with E-state index in [1.54, 1.807) is 11.9 Å². The Balaban J connectivity index is 1.32. The van der Waals surface area contributed by atoms with E-state index in [0.29, 0.717) is 28.6 Å². The highest BCUT2D eigenvalue weighted by atomic mass is 35.5. The molecule has 0 aliphatic carbocycles. The second-order valence-electron chi connectivity index (χ2n) is 9.25. The molecule has 0 spiro atoms. The number of hydrogen-bond acceptors (Lipinski definition) is 4. The highest BCUT2D eigenvalue weighted by molar-refractivity contribution is 8.04. The van der Waals surface area contributed by atoms with Crippen LogP contribution in [-0.2, 0) is 4.79 Å². The molecule has 0 aromatic heterocycles. The molecule has 36 heavy (non-hydrogen) atoms. The number of thioether (sulfide) groups is 1. The van der Waals surface area contributed by atoms with Crippen LogP contribution in [-0.4, -0.2) is 49.9 Å². The Morgan fingerprint density at radius 2 is 1.69 bits per heavy atom. The number of benzene rings is 3. The van der Waals surface area contributed by atoms with Crippen molar-refractivity contribution in [3.05, 3.63) is 92.8 Å². The summed E-state index contributed by atoms with van der Waals surface area (Å²) >= 11 is 7.70. The zero-order valence-corrected chi connectivity index (χ0v) is 22.2. The topological polar surface area (TPSA) is 43.9 Å². The van der Waals surface area contributed by atoms with Crippen molar-refractivity contribution in [3.63, 3.8) is 0 Å². The predicted molar refractivity (Wildman–Crippen MR) is 149 cm³/mol. The molecule has 0 N–H and O–H groups in total. The van der Waals surface area contributed by atoms with E-state index in [1.165, 1.54) is 28.6 Å². The van der Waals surface area contributed by atoms with Gasteiger partial charge < -0.3 is 14.7 Å². The van der Waals surface area contributed by atoms with Gasteiger partial charge in [-0.3, -0.25) is 9.59 Å². The average molecular weight is 518 g/mol. The van der Waals surface area contributed by atoms with E-state index in [-0.39, 0.29) is 11.8 Å². The highest BCUT2D eigenvalue weighted by Crippen LogP contribution is 2.42. The molecule has 3 aromatic rings. The number of piperazine rings is 1. The summed E-state index contributed by atoms with van der Waals surface area (Å²) in [4.78, 5) is 33.9. The maximum atomic E-state index is 13.4. The molecule has 1 fully saturated rings. The maximum absolute atomic E-state index is 13.4. The van der Waals surface area contributed by atoms with Gasteiger partial charge in [0.05, 0.1) is 10.6 Å². The van der Waals surface area contributed by atoms with Gasteiger partial charge in [0.25, 0.3) is 11.8 Å². The monoisotopic (exact) mass is 517 g/mol. The number of amides is 2. The van der Waals surface area contributed by atoms with E-state index < -0.39 is 0 Å². The SMILES string of the molecule is Cc1ccc(C)c(N2CCN(C(=O)c3ccc4c(c3)N(C)C(=O)/C(=C/c3ccccc3Cl)S4)CC2)c1. The Bertz CT molecular complexity index is 1380. The number of carbonyl (C=O) groups excluding carboxylic acids is 2. The van der Waals surface area contributed by atoms with Gasteiger partial charge in [0.15, 0.2) is 0 Å². The average Bonchev–Trinajstić information content (AvgIpc) is 2.89. The van der Waals surface area contributed by atoms with Gasteiger partial charge in [-0.2, -0.15) is 0 Å². The molecule has 1 saturated heterocycles. The van der Waals surface area contributed by atoms with Gasteiger partial charge >= 0.3 is 0 Å². The lowest BCUT2D eigenvalue weighted by Crippen LogP contribution is -2.49. The van der Waals surface area contributed by atoms with Crippen LogP contribution in [0.15, 0.2) is 70.5 Å². The normalized spacial score (nSPS) is 16.9. The number of carbonyl (C=O) groups is 2. The number of fused-ring (bicyclic) bond motifs is 1. The van der Waals surface area contributed by atoms with Crippen LogP contribution in [0.4, 0.5) is 11.4 Å². The van der Waals surface area contributed by atoms with E-state index in [9.17, 15) is 9.59 Å². The molecule has 0 unspecified atom stereocenters. The number of nitrogens with zero attached hydrogens (tertiary/aromatic N) is 3. The zero-order valence-electron chi connectivity index (χ0n) is 20.6. The van der Waals surface area contributed by atoms with Gasteiger partial charge in [-0.25, -0.2) is 0 Å². The van der Waals surface area contributed by atoms with E-state index in [0.717, 1.165) is 29.2 Å². The van der Waals surface area contributed by atoms with Gasteiger partial charge in [0.1, 0.15) is 0 Å². The summed E-state index contributed by atoms with van der Waals surface area (Å²) in [5, 5.41) is 0.602. The van der Waals surface area contributed by atoms with Gasteiger partial charge in [0.2, 0.25) is 0 Å². The van der Waals surface area contributed by atoms with Crippen molar-refractivity contribution in [1.82, 2.24) is 4.90 Å². The minimum atomic E-state index is -0.112. The molecule has 2 amide bonds. The van der Waals surface area contributed by atoms with Crippen LogP contribution < -0.4 is 9.80 Å². The number of hydrogen-bond donors (Lipinski definition) is 0. The Morgan fingerprint density at radius 1 is 0.944 bits per heavy atom. The number of aryl methyl sites for hydroxylation is 2. The van der Waals surface area contributed by atoms with Crippen molar-refractivity contribution in [2.24, 2.45) is 0 Å². The molecule has 5 nitrogen and oxygen atoms in total. The van der Waals surface area contributed by atoms with Gasteiger partial charge in [-0.1, -0.05) is 53.7 Å². The smallest absolute Gasteiger partial charge is 0.264 e. The van der Waals surface area contributed by atoms with Crippen molar-refractivity contribution in [3.8, 4) is 0 Å². The van der Waals surface area contributed by atoms with E-state index in [1.807, 2.05) is 53.4 Å². The zero-order chi connectivity index (χ0) is 25.4. The molecule has 2 aliphatic heterocycles. The molecule has 0 atom stereocenters. The van der Waals surface area contributed by atoms with Crippen molar-refractivity contribution >= 4 is 52.6 Å². The van der Waals surface area contributed by atoms with Crippen molar-refractivity contribution in [2.45, 2.75) is 18.7 Å². The third-order valence-electron chi connectivity index (χ3n) is 6.77. The van der Waals surface area contributed by atoms with Crippen LogP contribution in [0.3, 0.4) is 0 Å². The Labute approximate surface area is 221 Å². The number of likely N-dealkylation sites (N-methyl/N-ethyl adjacent to an activating group) is 1. The standard InChI is InChI=1S/C29H28ClN3O2S/c1-19-8-9-20(2)24(16-19)32-12-14-33(15-13-32)28(34)22-10-11-26-25(17-22)31(3)29(35)27(36-26)18-21-6-4-5-7-23(21)30/h4-11,16-18H,12-15H2,1-3H3/b27-18-. The first kappa shape index (κ1) is 24.5. The molecule has 0 bridgehead atoms. The summed E-state index contributed by atoms with van der Waals surface area (Å²) in [6.45, 7) is 7.16. The van der Waals surface area contributed by atoms with Crippen molar-refractivity contribution < 1.29 is 9.59 Å². The highest BCUT2D eigenvalue weighted by Gasteiger charge is 2.29. The number of rotatable bonds is 3. The summed E-state index contributed by atoms with van der Waals surface area (Å²) in [5.41, 5.74) is 5.90. The first-order valence-electron chi connectivity index (χ1n) is 12.0. The van der Waals surface area contributed by atoms with Crippen LogP contribution in [0.1, 0.15) is 27.0 Å². The number of anilines is 2.